The maximum atomic E-state index is 8.89. The van der Waals surface area contributed by atoms with E-state index in [0.717, 1.165) is 37.9 Å². The molecular weight excluding hydrogens is 320 g/mol. The highest BCUT2D eigenvalue weighted by atomic mass is 16.2. The molecule has 4 rings (SSSR count). The molecule has 1 heterocycles. The Balaban J connectivity index is 1.42. The molecule has 3 heteroatoms. The molecule has 1 spiro atoms. The smallest absolute Gasteiger partial charge is 0.0431 e. The van der Waals surface area contributed by atoms with Crippen molar-refractivity contribution in [2.24, 2.45) is 22.2 Å². The number of nitrogens with one attached hydrogen (secondary N) is 1. The lowest BCUT2D eigenvalue weighted by molar-refractivity contribution is -0.0777. The molecule has 2 bridgehead atoms. The summed E-state index contributed by atoms with van der Waals surface area (Å²) in [5, 5.41) is 12.5. The third-order valence-corrected chi connectivity index (χ3v) is 9.28. The third-order valence-electron chi connectivity index (χ3n) is 9.28. The number of hydrogen-bond donors (Lipinski definition) is 2. The first-order valence-electron chi connectivity index (χ1n) is 11.1. The molecule has 0 aromatic heterocycles. The van der Waals surface area contributed by atoms with Crippen LogP contribution in [0.15, 0.2) is 11.1 Å². The molecule has 148 valence electrons. The van der Waals surface area contributed by atoms with Gasteiger partial charge in [0.25, 0.3) is 0 Å². The Kier molecular flexibility index (Phi) is 4.81. The Labute approximate surface area is 160 Å². The normalized spacial score (nSPS) is 43.0. The van der Waals surface area contributed by atoms with Gasteiger partial charge in [0.1, 0.15) is 0 Å². The fraction of sp³-hybridized carbons (Fsp3) is 0.913. The molecular formula is C23H40N2O. The Morgan fingerprint density at radius 1 is 1.23 bits per heavy atom. The van der Waals surface area contributed by atoms with Crippen LogP contribution in [0, 0.1) is 22.2 Å². The number of aliphatic hydroxyl groups is 1. The minimum Gasteiger partial charge on any atom is -0.396 e. The van der Waals surface area contributed by atoms with Crippen molar-refractivity contribution in [2.45, 2.75) is 78.7 Å². The molecule has 1 unspecified atom stereocenters. The summed E-state index contributed by atoms with van der Waals surface area (Å²) in [7, 11) is 0. The van der Waals surface area contributed by atoms with Crippen molar-refractivity contribution in [3.8, 4) is 0 Å². The van der Waals surface area contributed by atoms with Crippen molar-refractivity contribution in [2.75, 3.05) is 32.8 Å². The average molecular weight is 361 g/mol. The number of fused-ring (bicyclic) bond motifs is 1. The Morgan fingerprint density at radius 3 is 2.81 bits per heavy atom. The molecule has 0 aromatic carbocycles. The molecule has 1 aliphatic heterocycles. The second kappa shape index (κ2) is 6.60. The Morgan fingerprint density at radius 2 is 2.04 bits per heavy atom. The quantitative estimate of drug-likeness (QED) is 0.390. The molecule has 0 amide bonds. The van der Waals surface area contributed by atoms with Gasteiger partial charge < -0.3 is 10.4 Å². The van der Waals surface area contributed by atoms with Crippen molar-refractivity contribution >= 4 is 0 Å². The van der Waals surface area contributed by atoms with Gasteiger partial charge >= 0.3 is 0 Å². The lowest BCUT2D eigenvalue weighted by Gasteiger charge is -2.57. The van der Waals surface area contributed by atoms with E-state index in [-0.39, 0.29) is 0 Å². The monoisotopic (exact) mass is 360 g/mol. The zero-order valence-corrected chi connectivity index (χ0v) is 17.5. The molecule has 3 aliphatic carbocycles. The molecule has 2 N–H and O–H groups in total. The van der Waals surface area contributed by atoms with E-state index in [4.69, 9.17) is 5.11 Å². The van der Waals surface area contributed by atoms with Gasteiger partial charge in [-0.1, -0.05) is 31.9 Å². The largest absolute Gasteiger partial charge is 0.396 e. The maximum Gasteiger partial charge on any atom is 0.0431 e. The van der Waals surface area contributed by atoms with Crippen LogP contribution in [0.3, 0.4) is 0 Å². The molecule has 5 atom stereocenters. The predicted octanol–water partition coefficient (Wildman–Crippen LogP) is 3.98. The van der Waals surface area contributed by atoms with Crippen LogP contribution < -0.4 is 5.32 Å². The average Bonchev–Trinajstić information content (AvgIpc) is 3.23. The first kappa shape index (κ1) is 19.0. The number of unbranched alkanes of at least 4 members (excludes halogenated alkanes) is 1. The third kappa shape index (κ3) is 2.57. The van der Waals surface area contributed by atoms with E-state index in [1.807, 2.05) is 5.57 Å². The van der Waals surface area contributed by atoms with Crippen molar-refractivity contribution in [3.63, 3.8) is 0 Å². The fourth-order valence-corrected chi connectivity index (χ4v) is 7.36. The molecule has 2 saturated carbocycles. The molecule has 1 saturated heterocycles. The molecule has 3 nitrogen and oxygen atoms in total. The van der Waals surface area contributed by atoms with Crippen LogP contribution >= 0.6 is 0 Å². The van der Waals surface area contributed by atoms with Gasteiger partial charge in [0.2, 0.25) is 0 Å². The molecule has 0 aromatic rings. The predicted molar refractivity (Wildman–Crippen MR) is 108 cm³/mol. The van der Waals surface area contributed by atoms with Crippen molar-refractivity contribution in [1.29, 1.82) is 0 Å². The Bertz CT molecular complexity index is 583. The van der Waals surface area contributed by atoms with Crippen molar-refractivity contribution in [3.05, 3.63) is 11.1 Å². The zero-order chi connectivity index (χ0) is 18.6. The highest BCUT2D eigenvalue weighted by Gasteiger charge is 2.70. The van der Waals surface area contributed by atoms with E-state index in [0.29, 0.717) is 22.9 Å². The van der Waals surface area contributed by atoms with Crippen molar-refractivity contribution in [1.82, 2.24) is 10.2 Å². The second-order valence-corrected chi connectivity index (χ2v) is 10.5. The van der Waals surface area contributed by atoms with Gasteiger partial charge in [0, 0.05) is 37.7 Å². The van der Waals surface area contributed by atoms with Crippen molar-refractivity contribution < 1.29 is 5.11 Å². The summed E-state index contributed by atoms with van der Waals surface area (Å²) in [6, 6.07) is 0.750. The summed E-state index contributed by atoms with van der Waals surface area (Å²) < 4.78 is 0. The van der Waals surface area contributed by atoms with Gasteiger partial charge in [-0.15, -0.1) is 0 Å². The summed E-state index contributed by atoms with van der Waals surface area (Å²) >= 11 is 0. The van der Waals surface area contributed by atoms with Crippen LogP contribution in [-0.2, 0) is 0 Å². The highest BCUT2D eigenvalue weighted by molar-refractivity contribution is 5.40. The van der Waals surface area contributed by atoms with Gasteiger partial charge in [-0.3, -0.25) is 4.90 Å². The second-order valence-electron chi connectivity index (χ2n) is 10.5. The Hall–Kier alpha value is -0.380. The number of aliphatic hydroxyl groups excluding tert-OH is 1. The maximum absolute atomic E-state index is 8.89. The SMILES string of the molecule is CC1=C2C[C@]3(CN4C[C@@H]4CNCCCCO)CC[C@@H](C)[C@@]2(CC1)C3(C)C. The van der Waals surface area contributed by atoms with E-state index >= 15 is 0 Å². The lowest BCUT2D eigenvalue weighted by Crippen LogP contribution is -2.53. The van der Waals surface area contributed by atoms with E-state index in [9.17, 15) is 0 Å². The van der Waals surface area contributed by atoms with Gasteiger partial charge in [0.15, 0.2) is 0 Å². The van der Waals surface area contributed by atoms with Crippen LogP contribution in [0.4, 0.5) is 0 Å². The number of hydrogen-bond acceptors (Lipinski definition) is 3. The van der Waals surface area contributed by atoms with Gasteiger partial charge in [-0.05, 0) is 75.2 Å². The summed E-state index contributed by atoms with van der Waals surface area (Å²) in [5.41, 5.74) is 5.06. The topological polar surface area (TPSA) is 35.3 Å². The molecule has 4 aliphatic rings. The first-order valence-corrected chi connectivity index (χ1v) is 11.1. The minimum atomic E-state index is 0.324. The number of allylic oxidation sites excluding steroid dienone is 2. The van der Waals surface area contributed by atoms with E-state index in [2.05, 4.69) is 37.9 Å². The molecule has 26 heavy (non-hydrogen) atoms. The van der Waals surface area contributed by atoms with E-state index < -0.39 is 0 Å². The first-order chi connectivity index (χ1) is 12.4. The molecule has 0 radical (unpaired) electrons. The van der Waals surface area contributed by atoms with E-state index in [1.54, 1.807) is 5.57 Å². The standard InChI is InChI=1S/C23H40N2O/c1-17-7-10-23-18(2)8-9-22(13-20(17)23,21(23,3)4)16-25-15-19(25)14-24-11-5-6-12-26/h18-19,24,26H,5-16H2,1-4H3/t18-,19+,22+,23-,25?/m1/s1. The molecule has 3 fully saturated rings. The minimum absolute atomic E-state index is 0.324. The van der Waals surface area contributed by atoms with Gasteiger partial charge in [-0.2, -0.15) is 0 Å². The summed E-state index contributed by atoms with van der Waals surface area (Å²) in [4.78, 5) is 2.75. The van der Waals surface area contributed by atoms with Gasteiger partial charge in [-0.25, -0.2) is 0 Å². The highest BCUT2D eigenvalue weighted by Crippen LogP contribution is 2.77. The van der Waals surface area contributed by atoms with Crippen LogP contribution in [0.1, 0.15) is 72.6 Å². The number of nitrogens with zero attached hydrogens (tertiary/aromatic N) is 1. The number of rotatable bonds is 8. The summed E-state index contributed by atoms with van der Waals surface area (Å²) in [5.74, 6) is 0.860. The van der Waals surface area contributed by atoms with Crippen LogP contribution in [0.5, 0.6) is 0 Å². The van der Waals surface area contributed by atoms with E-state index in [1.165, 1.54) is 45.2 Å². The van der Waals surface area contributed by atoms with Crippen LogP contribution in [-0.4, -0.2) is 48.8 Å². The zero-order valence-electron chi connectivity index (χ0n) is 17.5. The summed E-state index contributed by atoms with van der Waals surface area (Å²) in [6.45, 7) is 15.3. The van der Waals surface area contributed by atoms with Crippen LogP contribution in [0.25, 0.3) is 0 Å². The summed E-state index contributed by atoms with van der Waals surface area (Å²) in [6.07, 6.45) is 9.01. The fourth-order valence-electron chi connectivity index (χ4n) is 7.36. The van der Waals surface area contributed by atoms with Gasteiger partial charge in [0.05, 0.1) is 0 Å². The van der Waals surface area contributed by atoms with Crippen LogP contribution in [0.2, 0.25) is 0 Å². The lowest BCUT2D eigenvalue weighted by atomic mass is 9.48.